The van der Waals surface area contributed by atoms with Gasteiger partial charge in [0.2, 0.25) is 0 Å². The van der Waals surface area contributed by atoms with Crippen LogP contribution >= 0.6 is 11.3 Å². The zero-order chi connectivity index (χ0) is 17.1. The molecule has 0 saturated carbocycles. The SMILES string of the molecule is NC(=O)c1[nH]c(Cc2cccs2)nc1NC(=O)c1ccc(F)cc1. The van der Waals surface area contributed by atoms with E-state index in [4.69, 9.17) is 5.73 Å². The molecule has 0 aliphatic heterocycles. The van der Waals surface area contributed by atoms with E-state index in [1.807, 2.05) is 17.5 Å². The number of hydrogen-bond acceptors (Lipinski definition) is 4. The number of benzene rings is 1. The second-order valence-corrected chi connectivity index (χ2v) is 6.02. The minimum absolute atomic E-state index is 0.0250. The Bertz CT molecular complexity index is 872. The van der Waals surface area contributed by atoms with Crippen molar-refractivity contribution in [3.05, 3.63) is 69.6 Å². The van der Waals surface area contributed by atoms with Crippen LogP contribution in [0.4, 0.5) is 10.2 Å². The van der Waals surface area contributed by atoms with E-state index in [9.17, 15) is 14.0 Å². The molecule has 24 heavy (non-hydrogen) atoms. The van der Waals surface area contributed by atoms with Gasteiger partial charge in [-0.15, -0.1) is 11.3 Å². The minimum Gasteiger partial charge on any atom is -0.364 e. The zero-order valence-electron chi connectivity index (χ0n) is 12.4. The highest BCUT2D eigenvalue weighted by molar-refractivity contribution is 7.09. The number of nitrogens with zero attached hydrogens (tertiary/aromatic N) is 1. The summed E-state index contributed by atoms with van der Waals surface area (Å²) in [5.74, 6) is -1.10. The second kappa shape index (κ2) is 6.63. The molecule has 0 fully saturated rings. The number of aromatic nitrogens is 2. The summed E-state index contributed by atoms with van der Waals surface area (Å²) in [5.41, 5.74) is 5.60. The van der Waals surface area contributed by atoms with E-state index in [0.29, 0.717) is 12.2 Å². The molecule has 2 heterocycles. The van der Waals surface area contributed by atoms with E-state index < -0.39 is 17.6 Å². The highest BCUT2D eigenvalue weighted by Gasteiger charge is 2.18. The highest BCUT2D eigenvalue weighted by Crippen LogP contribution is 2.18. The van der Waals surface area contributed by atoms with Gasteiger partial charge in [0.1, 0.15) is 17.3 Å². The summed E-state index contributed by atoms with van der Waals surface area (Å²) < 4.78 is 12.9. The first kappa shape index (κ1) is 15.9. The lowest BCUT2D eigenvalue weighted by molar-refractivity contribution is 0.0997. The number of primary amides is 1. The third-order valence-corrected chi connectivity index (χ3v) is 4.14. The standard InChI is InChI=1S/C16H13FN4O2S/c17-10-5-3-9(4-6-10)16(23)21-15-13(14(18)22)19-12(20-15)8-11-2-1-7-24-11/h1-7H,8H2,(H2,18,22)(H,19,20)(H,21,23). The van der Waals surface area contributed by atoms with E-state index in [2.05, 4.69) is 15.3 Å². The van der Waals surface area contributed by atoms with Gasteiger partial charge in [-0.25, -0.2) is 9.37 Å². The number of imidazole rings is 1. The molecule has 0 bridgehead atoms. The Morgan fingerprint density at radius 1 is 1.25 bits per heavy atom. The smallest absolute Gasteiger partial charge is 0.269 e. The molecule has 3 rings (SSSR count). The molecule has 0 aliphatic rings. The van der Waals surface area contributed by atoms with Crippen LogP contribution in [0.3, 0.4) is 0 Å². The van der Waals surface area contributed by atoms with Gasteiger partial charge in [0.25, 0.3) is 11.8 Å². The van der Waals surface area contributed by atoms with Crippen molar-refractivity contribution >= 4 is 29.0 Å². The lowest BCUT2D eigenvalue weighted by Crippen LogP contribution is -2.18. The Kier molecular flexibility index (Phi) is 4.39. The van der Waals surface area contributed by atoms with Crippen molar-refractivity contribution in [3.8, 4) is 0 Å². The lowest BCUT2D eigenvalue weighted by atomic mass is 10.2. The van der Waals surface area contributed by atoms with E-state index >= 15 is 0 Å². The van der Waals surface area contributed by atoms with Crippen molar-refractivity contribution in [2.45, 2.75) is 6.42 Å². The van der Waals surface area contributed by atoms with Crippen LogP contribution in [0.5, 0.6) is 0 Å². The normalized spacial score (nSPS) is 10.5. The number of thiophene rings is 1. The third kappa shape index (κ3) is 3.49. The van der Waals surface area contributed by atoms with Crippen LogP contribution in [-0.4, -0.2) is 21.8 Å². The Hall–Kier alpha value is -3.00. The first-order valence-electron chi connectivity index (χ1n) is 7.01. The number of rotatable bonds is 5. The molecule has 0 atom stereocenters. The molecular weight excluding hydrogens is 331 g/mol. The Morgan fingerprint density at radius 2 is 2.00 bits per heavy atom. The first-order chi connectivity index (χ1) is 11.5. The van der Waals surface area contributed by atoms with Gasteiger partial charge >= 0.3 is 0 Å². The van der Waals surface area contributed by atoms with Gasteiger partial charge in [-0.3, -0.25) is 9.59 Å². The number of nitrogens with one attached hydrogen (secondary N) is 2. The number of carbonyl (C=O) groups is 2. The molecular formula is C16H13FN4O2S. The van der Waals surface area contributed by atoms with E-state index in [1.54, 1.807) is 11.3 Å². The topological polar surface area (TPSA) is 101 Å². The largest absolute Gasteiger partial charge is 0.364 e. The first-order valence-corrected chi connectivity index (χ1v) is 7.89. The summed E-state index contributed by atoms with van der Waals surface area (Å²) in [7, 11) is 0. The fraction of sp³-hybridized carbons (Fsp3) is 0.0625. The molecule has 3 aromatic rings. The van der Waals surface area contributed by atoms with Gasteiger partial charge < -0.3 is 16.0 Å². The van der Waals surface area contributed by atoms with Gasteiger partial charge in [-0.2, -0.15) is 0 Å². The molecule has 8 heteroatoms. The van der Waals surface area contributed by atoms with Gasteiger partial charge in [-0.05, 0) is 35.7 Å². The van der Waals surface area contributed by atoms with Crippen molar-refractivity contribution in [1.82, 2.24) is 9.97 Å². The molecule has 0 unspecified atom stereocenters. The third-order valence-electron chi connectivity index (χ3n) is 3.26. The van der Waals surface area contributed by atoms with Crippen LogP contribution in [0.2, 0.25) is 0 Å². The summed E-state index contributed by atoms with van der Waals surface area (Å²) >= 11 is 1.55. The maximum absolute atomic E-state index is 12.9. The van der Waals surface area contributed by atoms with Gasteiger partial charge in [-0.1, -0.05) is 6.07 Å². The Balaban J connectivity index is 1.83. The van der Waals surface area contributed by atoms with Gasteiger partial charge in [0.05, 0.1) is 0 Å². The number of aromatic amines is 1. The molecule has 0 aliphatic carbocycles. The number of amides is 2. The number of nitrogens with two attached hydrogens (primary N) is 1. The minimum atomic E-state index is -0.727. The number of anilines is 1. The molecule has 122 valence electrons. The maximum Gasteiger partial charge on any atom is 0.269 e. The Labute approximate surface area is 140 Å². The van der Waals surface area contributed by atoms with Crippen molar-refractivity contribution in [2.75, 3.05) is 5.32 Å². The molecule has 1 aromatic carbocycles. The molecule has 0 saturated heterocycles. The zero-order valence-corrected chi connectivity index (χ0v) is 13.2. The maximum atomic E-state index is 12.9. The predicted octanol–water partition coefficient (Wildman–Crippen LogP) is 2.55. The van der Waals surface area contributed by atoms with Crippen LogP contribution in [0.1, 0.15) is 31.5 Å². The molecule has 0 radical (unpaired) electrons. The summed E-state index contributed by atoms with van der Waals surface area (Å²) in [6.45, 7) is 0. The fourth-order valence-electron chi connectivity index (χ4n) is 2.13. The van der Waals surface area contributed by atoms with Crippen molar-refractivity contribution < 1.29 is 14.0 Å². The molecule has 2 aromatic heterocycles. The summed E-state index contributed by atoms with van der Waals surface area (Å²) in [6, 6.07) is 8.89. The molecule has 6 nitrogen and oxygen atoms in total. The van der Waals surface area contributed by atoms with Gasteiger partial charge in [0.15, 0.2) is 5.82 Å². The summed E-state index contributed by atoms with van der Waals surface area (Å²) in [6.07, 6.45) is 0.490. The van der Waals surface area contributed by atoms with E-state index in [0.717, 1.165) is 4.88 Å². The predicted molar refractivity (Wildman–Crippen MR) is 88.6 cm³/mol. The van der Waals surface area contributed by atoms with Crippen LogP contribution in [0.25, 0.3) is 0 Å². The average molecular weight is 344 g/mol. The summed E-state index contributed by atoms with van der Waals surface area (Å²) in [5, 5.41) is 4.46. The number of halogens is 1. The number of H-pyrrole nitrogens is 1. The highest BCUT2D eigenvalue weighted by atomic mass is 32.1. The van der Waals surface area contributed by atoms with Crippen LogP contribution in [-0.2, 0) is 6.42 Å². The van der Waals surface area contributed by atoms with E-state index in [1.165, 1.54) is 24.3 Å². The van der Waals surface area contributed by atoms with Crippen molar-refractivity contribution in [2.24, 2.45) is 5.73 Å². The fourth-order valence-corrected chi connectivity index (χ4v) is 2.84. The molecule has 2 amide bonds. The monoisotopic (exact) mass is 344 g/mol. The molecule has 4 N–H and O–H groups in total. The van der Waals surface area contributed by atoms with Crippen molar-refractivity contribution in [1.29, 1.82) is 0 Å². The lowest BCUT2D eigenvalue weighted by Gasteiger charge is -2.03. The molecule has 0 spiro atoms. The Morgan fingerprint density at radius 3 is 2.62 bits per heavy atom. The number of hydrogen-bond donors (Lipinski definition) is 3. The van der Waals surface area contributed by atoms with Crippen LogP contribution in [0, 0.1) is 5.82 Å². The van der Waals surface area contributed by atoms with E-state index in [-0.39, 0.29) is 17.1 Å². The quantitative estimate of drug-likeness (QED) is 0.663. The van der Waals surface area contributed by atoms with Crippen LogP contribution in [0.15, 0.2) is 41.8 Å². The van der Waals surface area contributed by atoms with Crippen molar-refractivity contribution in [3.63, 3.8) is 0 Å². The van der Waals surface area contributed by atoms with Gasteiger partial charge in [0, 0.05) is 16.9 Å². The second-order valence-electron chi connectivity index (χ2n) is 4.99. The van der Waals surface area contributed by atoms with Crippen LogP contribution < -0.4 is 11.1 Å². The average Bonchev–Trinajstić information content (AvgIpc) is 3.18. The summed E-state index contributed by atoms with van der Waals surface area (Å²) in [4.78, 5) is 31.9. The number of carbonyl (C=O) groups excluding carboxylic acids is 2.